The lowest BCUT2D eigenvalue weighted by Gasteiger charge is -2.37. The van der Waals surface area contributed by atoms with Crippen molar-refractivity contribution in [1.82, 2.24) is 20.1 Å². The Labute approximate surface area is 144 Å². The number of piperidine rings is 1. The molecule has 24 heavy (non-hydrogen) atoms. The minimum Gasteiger partial charge on any atom is -0.492 e. The summed E-state index contributed by atoms with van der Waals surface area (Å²) in [7, 11) is 0. The molecule has 1 amide bonds. The first kappa shape index (κ1) is 16.7. The van der Waals surface area contributed by atoms with Crippen molar-refractivity contribution in [3.63, 3.8) is 0 Å². The third-order valence-electron chi connectivity index (χ3n) is 4.21. The fourth-order valence-electron chi connectivity index (χ4n) is 2.84. The van der Waals surface area contributed by atoms with E-state index < -0.39 is 5.60 Å². The maximum atomic E-state index is 12.6. The predicted octanol–water partition coefficient (Wildman–Crippen LogP) is 1.98. The molecule has 8 heteroatoms. The Bertz CT molecular complexity index is 712. The Morgan fingerprint density at radius 2 is 2.25 bits per heavy atom. The maximum absolute atomic E-state index is 12.6. The van der Waals surface area contributed by atoms with Gasteiger partial charge >= 0.3 is 0 Å². The summed E-state index contributed by atoms with van der Waals surface area (Å²) in [5.41, 5.74) is -0.109. The van der Waals surface area contributed by atoms with Crippen LogP contribution in [0, 0.1) is 0 Å². The number of aliphatic hydroxyl groups is 1. The van der Waals surface area contributed by atoms with Crippen molar-refractivity contribution in [3.8, 4) is 5.75 Å². The van der Waals surface area contributed by atoms with Crippen LogP contribution in [-0.4, -0.2) is 50.8 Å². The largest absolute Gasteiger partial charge is 0.492 e. The number of likely N-dealkylation sites (tertiary alicyclic amines) is 1. The van der Waals surface area contributed by atoms with Gasteiger partial charge in [0.2, 0.25) is 0 Å². The molecular weight excluding hydrogens is 332 g/mol. The summed E-state index contributed by atoms with van der Waals surface area (Å²) in [6.07, 6.45) is 3.95. The highest BCUT2D eigenvalue weighted by Gasteiger charge is 2.37. The Morgan fingerprint density at radius 1 is 1.50 bits per heavy atom. The van der Waals surface area contributed by atoms with Crippen LogP contribution < -0.4 is 4.74 Å². The number of amides is 1. The number of rotatable bonds is 4. The van der Waals surface area contributed by atoms with Gasteiger partial charge in [0.05, 0.1) is 23.5 Å². The predicted molar refractivity (Wildman–Crippen MR) is 88.0 cm³/mol. The van der Waals surface area contributed by atoms with Crippen LogP contribution in [0.15, 0.2) is 24.5 Å². The second-order valence-corrected chi connectivity index (χ2v) is 6.14. The third-order valence-corrected chi connectivity index (χ3v) is 4.50. The fourth-order valence-corrected chi connectivity index (χ4v) is 3.07. The highest BCUT2D eigenvalue weighted by atomic mass is 35.5. The number of ether oxygens (including phenoxy) is 1. The smallest absolute Gasteiger partial charge is 0.274 e. The summed E-state index contributed by atoms with van der Waals surface area (Å²) >= 11 is 6.16. The first-order chi connectivity index (χ1) is 11.5. The first-order valence-electron chi connectivity index (χ1n) is 7.83. The summed E-state index contributed by atoms with van der Waals surface area (Å²) < 4.78 is 5.32. The van der Waals surface area contributed by atoms with Gasteiger partial charge in [-0.2, -0.15) is 5.10 Å². The lowest BCUT2D eigenvalue weighted by Crippen LogP contribution is -2.45. The molecule has 0 radical (unpaired) electrons. The normalized spacial score (nSPS) is 16.9. The zero-order chi connectivity index (χ0) is 17.2. The Kier molecular flexibility index (Phi) is 4.73. The number of aromatic nitrogens is 3. The second-order valence-electron chi connectivity index (χ2n) is 5.73. The maximum Gasteiger partial charge on any atom is 0.274 e. The van der Waals surface area contributed by atoms with Crippen molar-refractivity contribution in [2.45, 2.75) is 25.4 Å². The van der Waals surface area contributed by atoms with Gasteiger partial charge in [-0.05, 0) is 25.8 Å². The summed E-state index contributed by atoms with van der Waals surface area (Å²) in [6.45, 7) is 3.20. The van der Waals surface area contributed by atoms with Crippen molar-refractivity contribution in [1.29, 1.82) is 0 Å². The molecular formula is C16H19ClN4O3. The summed E-state index contributed by atoms with van der Waals surface area (Å²) in [5.74, 6) is 0.293. The molecule has 2 N–H and O–H groups in total. The van der Waals surface area contributed by atoms with Crippen LogP contribution in [0.25, 0.3) is 0 Å². The molecule has 0 saturated carbocycles. The minimum atomic E-state index is -0.983. The standard InChI is InChI=1S/C16H19ClN4O3/c1-2-24-11-9-12(17)14(18-10-11)15(22)21-7-4-16(23,5-8-21)13-3-6-19-20-13/h3,6,9-10,23H,2,4-5,7-8H2,1H3,(H,19,20). The lowest BCUT2D eigenvalue weighted by molar-refractivity contribution is -0.0245. The molecule has 3 rings (SSSR count). The van der Waals surface area contributed by atoms with Gasteiger partial charge in [-0.25, -0.2) is 4.98 Å². The molecule has 7 nitrogen and oxygen atoms in total. The Balaban J connectivity index is 1.69. The van der Waals surface area contributed by atoms with Gasteiger partial charge in [0.25, 0.3) is 5.91 Å². The number of nitrogens with one attached hydrogen (secondary N) is 1. The molecule has 0 bridgehead atoms. The van der Waals surface area contributed by atoms with Crippen molar-refractivity contribution in [2.24, 2.45) is 0 Å². The molecule has 128 valence electrons. The molecule has 1 fully saturated rings. The molecule has 0 unspecified atom stereocenters. The molecule has 1 saturated heterocycles. The van der Waals surface area contributed by atoms with Crippen molar-refractivity contribution in [2.75, 3.05) is 19.7 Å². The van der Waals surface area contributed by atoms with Gasteiger partial charge in [-0.15, -0.1) is 0 Å². The van der Waals surface area contributed by atoms with E-state index in [2.05, 4.69) is 15.2 Å². The van der Waals surface area contributed by atoms with Gasteiger partial charge in [0.1, 0.15) is 17.0 Å². The number of carbonyl (C=O) groups is 1. The van der Waals surface area contributed by atoms with Gasteiger partial charge in [0, 0.05) is 25.4 Å². The van der Waals surface area contributed by atoms with Gasteiger partial charge in [-0.3, -0.25) is 9.89 Å². The van der Waals surface area contributed by atoms with Gasteiger partial charge in [-0.1, -0.05) is 11.6 Å². The molecule has 0 aromatic carbocycles. The van der Waals surface area contributed by atoms with Crippen LogP contribution in [-0.2, 0) is 5.60 Å². The average molecular weight is 351 g/mol. The number of nitrogens with zero attached hydrogens (tertiary/aromatic N) is 3. The van der Waals surface area contributed by atoms with Crippen LogP contribution in [0.5, 0.6) is 5.75 Å². The molecule has 1 aliphatic heterocycles. The molecule has 0 spiro atoms. The molecule has 0 atom stereocenters. The summed E-state index contributed by atoms with van der Waals surface area (Å²) in [5, 5.41) is 17.6. The van der Waals surface area contributed by atoms with Gasteiger partial charge in [0.15, 0.2) is 0 Å². The lowest BCUT2D eigenvalue weighted by atomic mass is 9.88. The molecule has 2 aromatic rings. The molecule has 0 aliphatic carbocycles. The minimum absolute atomic E-state index is 0.201. The number of aromatic amines is 1. The van der Waals surface area contributed by atoms with Crippen LogP contribution in [0.3, 0.4) is 0 Å². The second kappa shape index (κ2) is 6.78. The van der Waals surface area contributed by atoms with Crippen LogP contribution in [0.2, 0.25) is 5.02 Å². The topological polar surface area (TPSA) is 91.3 Å². The van der Waals surface area contributed by atoms with Crippen molar-refractivity contribution in [3.05, 3.63) is 40.9 Å². The molecule has 2 aromatic heterocycles. The van der Waals surface area contributed by atoms with Gasteiger partial charge < -0.3 is 14.7 Å². The Morgan fingerprint density at radius 3 is 2.83 bits per heavy atom. The summed E-state index contributed by atoms with van der Waals surface area (Å²) in [4.78, 5) is 18.4. The third kappa shape index (κ3) is 3.22. The monoisotopic (exact) mass is 350 g/mol. The zero-order valence-electron chi connectivity index (χ0n) is 13.3. The van der Waals surface area contributed by atoms with Crippen LogP contribution in [0.4, 0.5) is 0 Å². The quantitative estimate of drug-likeness (QED) is 0.879. The number of halogens is 1. The van der Waals surface area contributed by atoms with E-state index in [0.29, 0.717) is 44.0 Å². The fraction of sp³-hybridized carbons (Fsp3) is 0.438. The van der Waals surface area contributed by atoms with Crippen LogP contribution >= 0.6 is 11.6 Å². The van der Waals surface area contributed by atoms with Crippen molar-refractivity contribution < 1.29 is 14.6 Å². The summed E-state index contributed by atoms with van der Waals surface area (Å²) in [6, 6.07) is 3.35. The first-order valence-corrected chi connectivity index (χ1v) is 8.21. The highest BCUT2D eigenvalue weighted by molar-refractivity contribution is 6.33. The van der Waals surface area contributed by atoms with E-state index in [9.17, 15) is 9.90 Å². The van der Waals surface area contributed by atoms with E-state index in [-0.39, 0.29) is 16.6 Å². The van der Waals surface area contributed by atoms with E-state index in [1.807, 2.05) is 6.92 Å². The number of H-pyrrole nitrogens is 1. The molecule has 1 aliphatic rings. The van der Waals surface area contributed by atoms with E-state index in [1.165, 1.54) is 6.20 Å². The highest BCUT2D eigenvalue weighted by Crippen LogP contribution is 2.32. The zero-order valence-corrected chi connectivity index (χ0v) is 14.1. The van der Waals surface area contributed by atoms with Crippen LogP contribution in [0.1, 0.15) is 35.9 Å². The SMILES string of the molecule is CCOc1cnc(C(=O)N2CCC(O)(c3ccn[nH]3)CC2)c(Cl)c1. The van der Waals surface area contributed by atoms with E-state index in [0.717, 1.165) is 0 Å². The number of carbonyl (C=O) groups excluding carboxylic acids is 1. The van der Waals surface area contributed by atoms with Crippen molar-refractivity contribution >= 4 is 17.5 Å². The van der Waals surface area contributed by atoms with E-state index >= 15 is 0 Å². The Hall–Kier alpha value is -2.12. The molecule has 3 heterocycles. The number of pyridine rings is 1. The number of hydrogen-bond donors (Lipinski definition) is 2. The van der Waals surface area contributed by atoms with E-state index in [4.69, 9.17) is 16.3 Å². The number of hydrogen-bond acceptors (Lipinski definition) is 5. The average Bonchev–Trinajstić information content (AvgIpc) is 3.11. The van der Waals surface area contributed by atoms with E-state index in [1.54, 1.807) is 23.2 Å².